The maximum Gasteiger partial charge on any atom is 0.328 e. The number of rotatable bonds is 2. The van der Waals surface area contributed by atoms with E-state index in [-0.39, 0.29) is 24.6 Å². The number of hydrogen-bond acceptors (Lipinski definition) is 6. The lowest BCUT2D eigenvalue weighted by Crippen LogP contribution is -2.34. The number of aromatic nitrogens is 2. The fraction of sp³-hybridized carbons (Fsp3) is 0.750. The first-order chi connectivity index (χ1) is 9.56. The second-order valence-electron chi connectivity index (χ2n) is 5.45. The average Bonchev–Trinajstić information content (AvgIpc) is 2.96. The van der Waals surface area contributed by atoms with Crippen LogP contribution in [0.2, 0.25) is 0 Å². The Balaban J connectivity index is 1.78. The predicted molar refractivity (Wildman–Crippen MR) is 73.6 cm³/mol. The molecule has 8 heteroatoms. The van der Waals surface area contributed by atoms with Crippen molar-refractivity contribution >= 4 is 22.5 Å². The lowest BCUT2D eigenvalue weighted by molar-refractivity contribution is 0.119. The number of urea groups is 1. The number of anilines is 1. The van der Waals surface area contributed by atoms with Crippen LogP contribution >= 0.6 is 11.3 Å². The van der Waals surface area contributed by atoms with Gasteiger partial charge in [0.25, 0.3) is 0 Å². The van der Waals surface area contributed by atoms with Gasteiger partial charge in [-0.2, -0.15) is 0 Å². The van der Waals surface area contributed by atoms with Gasteiger partial charge in [-0.25, -0.2) is 9.69 Å². The minimum Gasteiger partial charge on any atom is -0.393 e. The molecule has 1 saturated carbocycles. The molecule has 1 aromatic heterocycles. The molecule has 2 N–H and O–H groups in total. The number of hydrogen-bond donors (Lipinski definition) is 2. The van der Waals surface area contributed by atoms with E-state index < -0.39 is 6.23 Å². The fourth-order valence-electron chi connectivity index (χ4n) is 2.80. The van der Waals surface area contributed by atoms with Crippen LogP contribution in [0.3, 0.4) is 0 Å². The molecule has 2 amide bonds. The van der Waals surface area contributed by atoms with Crippen molar-refractivity contribution in [3.63, 3.8) is 0 Å². The third-order valence-corrected chi connectivity index (χ3v) is 4.98. The standard InChI is InChI=1S/C12H18N4O3S/c1-15-6-9(18)16(12(15)19)11-14-13-10(20-11)7-3-2-4-8(17)5-7/h7-9,17-18H,2-6H2,1H3. The van der Waals surface area contributed by atoms with Crippen LogP contribution < -0.4 is 4.90 Å². The van der Waals surface area contributed by atoms with Gasteiger partial charge >= 0.3 is 6.03 Å². The summed E-state index contributed by atoms with van der Waals surface area (Å²) in [6.07, 6.45) is 2.37. The predicted octanol–water partition coefficient (Wildman–Crippen LogP) is 0.747. The third-order valence-electron chi connectivity index (χ3n) is 3.90. The number of β-amino-alcohol motifs (C(OH)–C–C–N with tert-alkyl or cyclic N) is 1. The third kappa shape index (κ3) is 2.38. The van der Waals surface area contributed by atoms with E-state index >= 15 is 0 Å². The summed E-state index contributed by atoms with van der Waals surface area (Å²) in [5, 5.41) is 29.1. The van der Waals surface area contributed by atoms with Crippen molar-refractivity contribution in [3.8, 4) is 0 Å². The normalized spacial score (nSPS) is 31.1. The summed E-state index contributed by atoms with van der Waals surface area (Å²) in [4.78, 5) is 14.7. The molecule has 110 valence electrons. The first-order valence-electron chi connectivity index (χ1n) is 6.80. The van der Waals surface area contributed by atoms with Crippen LogP contribution in [0.4, 0.5) is 9.93 Å². The van der Waals surface area contributed by atoms with Crippen LogP contribution in [0.5, 0.6) is 0 Å². The Hall–Kier alpha value is -1.25. The largest absolute Gasteiger partial charge is 0.393 e. The van der Waals surface area contributed by atoms with Gasteiger partial charge in [0.15, 0.2) is 6.23 Å². The second-order valence-corrected chi connectivity index (χ2v) is 6.44. The van der Waals surface area contributed by atoms with E-state index in [1.807, 2.05) is 0 Å². The molecule has 20 heavy (non-hydrogen) atoms. The first-order valence-corrected chi connectivity index (χ1v) is 7.61. The summed E-state index contributed by atoms with van der Waals surface area (Å²) in [7, 11) is 1.64. The monoisotopic (exact) mass is 298 g/mol. The Bertz CT molecular complexity index is 509. The topological polar surface area (TPSA) is 89.8 Å². The molecule has 3 unspecified atom stereocenters. The number of nitrogens with zero attached hydrogens (tertiary/aromatic N) is 4. The highest BCUT2D eigenvalue weighted by Crippen LogP contribution is 2.37. The van der Waals surface area contributed by atoms with E-state index in [2.05, 4.69) is 10.2 Å². The maximum atomic E-state index is 11.9. The summed E-state index contributed by atoms with van der Waals surface area (Å²) < 4.78 is 0. The number of aliphatic hydroxyl groups is 2. The zero-order valence-electron chi connectivity index (χ0n) is 11.3. The molecule has 1 aromatic rings. The number of amides is 2. The van der Waals surface area contributed by atoms with E-state index in [0.29, 0.717) is 11.6 Å². The molecule has 0 aromatic carbocycles. The van der Waals surface area contributed by atoms with Crippen molar-refractivity contribution in [3.05, 3.63) is 5.01 Å². The summed E-state index contributed by atoms with van der Waals surface area (Å²) in [6, 6.07) is -0.260. The smallest absolute Gasteiger partial charge is 0.328 e. The van der Waals surface area contributed by atoms with Crippen LogP contribution in [0.1, 0.15) is 36.6 Å². The molecule has 0 radical (unpaired) electrons. The van der Waals surface area contributed by atoms with Gasteiger partial charge in [0, 0.05) is 13.0 Å². The van der Waals surface area contributed by atoms with Crippen LogP contribution in [0, 0.1) is 0 Å². The molecule has 1 saturated heterocycles. The van der Waals surface area contributed by atoms with Crippen molar-refractivity contribution in [2.24, 2.45) is 0 Å². The van der Waals surface area contributed by atoms with Crippen LogP contribution in [-0.2, 0) is 0 Å². The minimum atomic E-state index is -0.870. The van der Waals surface area contributed by atoms with Crippen LogP contribution in [-0.4, -0.2) is 57.3 Å². The SMILES string of the molecule is CN1CC(O)N(c2nnc(C3CCCC(O)C3)s2)C1=O. The van der Waals surface area contributed by atoms with E-state index in [4.69, 9.17) is 0 Å². The molecule has 2 fully saturated rings. The fourth-order valence-corrected chi connectivity index (χ4v) is 3.83. The van der Waals surface area contributed by atoms with E-state index in [1.165, 1.54) is 21.1 Å². The Morgan fingerprint density at radius 2 is 2.10 bits per heavy atom. The molecule has 2 aliphatic rings. The Labute approximate surface area is 120 Å². The van der Waals surface area contributed by atoms with Crippen LogP contribution in [0.15, 0.2) is 0 Å². The van der Waals surface area contributed by atoms with Gasteiger partial charge in [-0.05, 0) is 19.3 Å². The summed E-state index contributed by atoms with van der Waals surface area (Å²) in [5.74, 6) is 0.206. The summed E-state index contributed by atoms with van der Waals surface area (Å²) in [5.41, 5.74) is 0. The zero-order valence-corrected chi connectivity index (χ0v) is 12.1. The molecular weight excluding hydrogens is 280 g/mol. The van der Waals surface area contributed by atoms with Crippen molar-refractivity contribution < 1.29 is 15.0 Å². The number of carbonyl (C=O) groups is 1. The minimum absolute atomic E-state index is 0.206. The van der Waals surface area contributed by atoms with Gasteiger partial charge in [0.05, 0.1) is 12.6 Å². The number of likely N-dealkylation sites (N-methyl/N-ethyl adjacent to an activating group) is 1. The van der Waals surface area contributed by atoms with E-state index in [9.17, 15) is 15.0 Å². The van der Waals surface area contributed by atoms with Gasteiger partial charge in [-0.15, -0.1) is 10.2 Å². The highest BCUT2D eigenvalue weighted by Gasteiger charge is 2.37. The quantitative estimate of drug-likeness (QED) is 0.841. The Morgan fingerprint density at radius 1 is 1.30 bits per heavy atom. The van der Waals surface area contributed by atoms with Crippen molar-refractivity contribution in [2.75, 3.05) is 18.5 Å². The van der Waals surface area contributed by atoms with E-state index in [1.54, 1.807) is 7.05 Å². The summed E-state index contributed by atoms with van der Waals surface area (Å²) in [6.45, 7) is 0.274. The zero-order chi connectivity index (χ0) is 14.3. The van der Waals surface area contributed by atoms with Crippen LogP contribution in [0.25, 0.3) is 0 Å². The second kappa shape index (κ2) is 5.27. The summed E-state index contributed by atoms with van der Waals surface area (Å²) >= 11 is 1.33. The molecular formula is C12H18N4O3S. The molecule has 3 rings (SSSR count). The molecule has 0 bridgehead atoms. The molecule has 1 aliphatic heterocycles. The highest BCUT2D eigenvalue weighted by atomic mass is 32.1. The van der Waals surface area contributed by atoms with Crippen molar-refractivity contribution in [1.29, 1.82) is 0 Å². The van der Waals surface area contributed by atoms with E-state index in [0.717, 1.165) is 24.3 Å². The lowest BCUT2D eigenvalue weighted by atomic mass is 9.88. The average molecular weight is 298 g/mol. The Kier molecular flexibility index (Phi) is 3.61. The van der Waals surface area contributed by atoms with Gasteiger partial charge in [-0.1, -0.05) is 17.8 Å². The molecule has 3 atom stereocenters. The van der Waals surface area contributed by atoms with Gasteiger partial charge < -0.3 is 15.1 Å². The van der Waals surface area contributed by atoms with Crippen molar-refractivity contribution in [2.45, 2.75) is 43.9 Å². The molecule has 2 heterocycles. The lowest BCUT2D eigenvalue weighted by Gasteiger charge is -2.23. The molecule has 1 aliphatic carbocycles. The van der Waals surface area contributed by atoms with Gasteiger partial charge in [-0.3, -0.25) is 0 Å². The molecule has 7 nitrogen and oxygen atoms in total. The van der Waals surface area contributed by atoms with Gasteiger partial charge in [0.1, 0.15) is 5.01 Å². The molecule has 0 spiro atoms. The number of aliphatic hydroxyl groups excluding tert-OH is 2. The maximum absolute atomic E-state index is 11.9. The first kappa shape index (κ1) is 13.7. The van der Waals surface area contributed by atoms with Crippen molar-refractivity contribution in [1.82, 2.24) is 15.1 Å². The highest BCUT2D eigenvalue weighted by molar-refractivity contribution is 7.15. The van der Waals surface area contributed by atoms with Gasteiger partial charge in [0.2, 0.25) is 5.13 Å². The Morgan fingerprint density at radius 3 is 2.75 bits per heavy atom. The number of carbonyl (C=O) groups excluding carboxylic acids is 1.